The number of hydrogen-bond donors (Lipinski definition) is 1. The van der Waals surface area contributed by atoms with Gasteiger partial charge in [-0.1, -0.05) is 18.2 Å². The first-order valence-corrected chi connectivity index (χ1v) is 6.83. The van der Waals surface area contributed by atoms with Crippen molar-refractivity contribution in [1.29, 1.82) is 0 Å². The van der Waals surface area contributed by atoms with Gasteiger partial charge >= 0.3 is 0 Å². The quantitative estimate of drug-likeness (QED) is 0.784. The smallest absolute Gasteiger partial charge is 0.259 e. The Morgan fingerprint density at radius 1 is 1.10 bits per heavy atom. The molecule has 0 fully saturated rings. The molecule has 0 saturated heterocycles. The molecule has 0 spiro atoms. The van der Waals surface area contributed by atoms with Crippen LogP contribution in [0.5, 0.6) is 0 Å². The molecule has 0 aliphatic heterocycles. The maximum atomic E-state index is 12.3. The molecule has 0 atom stereocenters. The molecule has 1 N–H and O–H groups in total. The Morgan fingerprint density at radius 3 is 2.62 bits per heavy atom. The molecule has 4 heteroatoms. The second-order valence-electron chi connectivity index (χ2n) is 5.35. The summed E-state index contributed by atoms with van der Waals surface area (Å²) in [5.41, 5.74) is 3.65. The van der Waals surface area contributed by atoms with Crippen LogP contribution >= 0.6 is 0 Å². The summed E-state index contributed by atoms with van der Waals surface area (Å²) < 4.78 is 0. The van der Waals surface area contributed by atoms with Crippen molar-refractivity contribution in [2.45, 2.75) is 6.92 Å². The number of aryl methyl sites for hydroxylation is 1. The number of benzene rings is 2. The predicted molar refractivity (Wildman–Crippen MR) is 86.9 cm³/mol. The van der Waals surface area contributed by atoms with Gasteiger partial charge in [0.25, 0.3) is 5.56 Å². The average molecular weight is 279 g/mol. The van der Waals surface area contributed by atoms with Crippen LogP contribution in [0.1, 0.15) is 5.56 Å². The molecular weight excluding hydrogens is 262 g/mol. The average Bonchev–Trinajstić information content (AvgIpc) is 2.46. The van der Waals surface area contributed by atoms with Gasteiger partial charge in [-0.05, 0) is 36.8 Å². The van der Waals surface area contributed by atoms with E-state index in [2.05, 4.69) is 9.97 Å². The molecule has 1 heterocycles. The Labute approximate surface area is 123 Å². The minimum atomic E-state index is -0.108. The van der Waals surface area contributed by atoms with Crippen molar-refractivity contribution in [2.24, 2.45) is 0 Å². The standard InChI is InChI=1S/C17H17N3O/c1-11-8-9-12-14(10-11)18-16(19-17(12)21)13-6-4-5-7-15(13)20(2)3/h4-10H,1-3H3,(H,18,19,21). The highest BCUT2D eigenvalue weighted by Crippen LogP contribution is 2.27. The third-order valence-corrected chi connectivity index (χ3v) is 3.50. The van der Waals surface area contributed by atoms with Crippen molar-refractivity contribution in [1.82, 2.24) is 9.97 Å². The van der Waals surface area contributed by atoms with E-state index in [4.69, 9.17) is 0 Å². The van der Waals surface area contributed by atoms with Gasteiger partial charge in [0.15, 0.2) is 0 Å². The van der Waals surface area contributed by atoms with Gasteiger partial charge in [-0.15, -0.1) is 0 Å². The predicted octanol–water partition coefficient (Wildman–Crippen LogP) is 2.96. The van der Waals surface area contributed by atoms with Crippen molar-refractivity contribution in [3.8, 4) is 11.4 Å². The van der Waals surface area contributed by atoms with Crippen LogP contribution in [0.3, 0.4) is 0 Å². The van der Waals surface area contributed by atoms with Crippen LogP contribution in [0, 0.1) is 6.92 Å². The largest absolute Gasteiger partial charge is 0.377 e. The fraction of sp³-hybridized carbons (Fsp3) is 0.176. The molecule has 0 aliphatic rings. The van der Waals surface area contributed by atoms with Gasteiger partial charge in [0.2, 0.25) is 0 Å². The second kappa shape index (κ2) is 5.05. The topological polar surface area (TPSA) is 49.0 Å². The first-order chi connectivity index (χ1) is 10.1. The van der Waals surface area contributed by atoms with Crippen LogP contribution in [0.25, 0.3) is 22.3 Å². The fourth-order valence-corrected chi connectivity index (χ4v) is 2.44. The lowest BCUT2D eigenvalue weighted by molar-refractivity contribution is 1.11. The summed E-state index contributed by atoms with van der Waals surface area (Å²) in [7, 11) is 3.95. The molecule has 1 aromatic heterocycles. The molecule has 0 bridgehead atoms. The minimum absolute atomic E-state index is 0.108. The first-order valence-electron chi connectivity index (χ1n) is 6.83. The normalized spacial score (nSPS) is 10.8. The zero-order valence-electron chi connectivity index (χ0n) is 12.3. The molecule has 21 heavy (non-hydrogen) atoms. The van der Waals surface area contributed by atoms with E-state index in [1.165, 1.54) is 0 Å². The number of fused-ring (bicyclic) bond motifs is 1. The van der Waals surface area contributed by atoms with E-state index in [0.717, 1.165) is 22.3 Å². The van der Waals surface area contributed by atoms with Crippen LogP contribution in [0.4, 0.5) is 5.69 Å². The molecule has 0 unspecified atom stereocenters. The maximum Gasteiger partial charge on any atom is 0.259 e. The van der Waals surface area contributed by atoms with Gasteiger partial charge in [-0.3, -0.25) is 4.79 Å². The molecule has 3 aromatic rings. The molecule has 2 aromatic carbocycles. The molecule has 106 valence electrons. The summed E-state index contributed by atoms with van der Waals surface area (Å²) in [5.74, 6) is 0.599. The number of para-hydroxylation sites is 1. The Bertz CT molecular complexity index is 865. The van der Waals surface area contributed by atoms with Crippen LogP contribution in [-0.4, -0.2) is 24.1 Å². The van der Waals surface area contributed by atoms with Gasteiger partial charge in [-0.25, -0.2) is 4.98 Å². The zero-order chi connectivity index (χ0) is 15.0. The number of aromatic amines is 1. The van der Waals surface area contributed by atoms with Crippen LogP contribution < -0.4 is 10.5 Å². The van der Waals surface area contributed by atoms with E-state index in [0.29, 0.717) is 11.2 Å². The molecular formula is C17H17N3O. The van der Waals surface area contributed by atoms with Crippen molar-refractivity contribution < 1.29 is 0 Å². The molecule has 0 aliphatic carbocycles. The highest BCUT2D eigenvalue weighted by molar-refractivity contribution is 5.82. The summed E-state index contributed by atoms with van der Waals surface area (Å²) in [6.07, 6.45) is 0. The second-order valence-corrected chi connectivity index (χ2v) is 5.35. The highest BCUT2D eigenvalue weighted by Gasteiger charge is 2.10. The zero-order valence-corrected chi connectivity index (χ0v) is 12.3. The van der Waals surface area contributed by atoms with E-state index in [9.17, 15) is 4.79 Å². The third-order valence-electron chi connectivity index (χ3n) is 3.50. The summed E-state index contributed by atoms with van der Waals surface area (Å²) in [6.45, 7) is 2.00. The van der Waals surface area contributed by atoms with Gasteiger partial charge in [0, 0.05) is 25.3 Å². The van der Waals surface area contributed by atoms with Crippen molar-refractivity contribution in [3.05, 3.63) is 58.4 Å². The van der Waals surface area contributed by atoms with Gasteiger partial charge < -0.3 is 9.88 Å². The number of anilines is 1. The van der Waals surface area contributed by atoms with Crippen LogP contribution in [0.15, 0.2) is 47.3 Å². The number of nitrogens with one attached hydrogen (secondary N) is 1. The van der Waals surface area contributed by atoms with E-state index in [1.807, 2.05) is 68.4 Å². The van der Waals surface area contributed by atoms with Crippen LogP contribution in [-0.2, 0) is 0 Å². The summed E-state index contributed by atoms with van der Waals surface area (Å²) >= 11 is 0. The van der Waals surface area contributed by atoms with Gasteiger partial charge in [-0.2, -0.15) is 0 Å². The third kappa shape index (κ3) is 2.40. The number of nitrogens with zero attached hydrogens (tertiary/aromatic N) is 2. The molecule has 4 nitrogen and oxygen atoms in total. The lowest BCUT2D eigenvalue weighted by Crippen LogP contribution is -2.13. The number of rotatable bonds is 2. The summed E-state index contributed by atoms with van der Waals surface area (Å²) in [4.78, 5) is 21.8. The molecule has 0 amide bonds. The SMILES string of the molecule is Cc1ccc2c(=O)[nH]c(-c3ccccc3N(C)C)nc2c1. The Hall–Kier alpha value is -2.62. The van der Waals surface area contributed by atoms with E-state index < -0.39 is 0 Å². The summed E-state index contributed by atoms with van der Waals surface area (Å²) in [6, 6.07) is 13.6. The maximum absolute atomic E-state index is 12.3. The molecule has 0 radical (unpaired) electrons. The lowest BCUT2D eigenvalue weighted by Gasteiger charge is -2.16. The fourth-order valence-electron chi connectivity index (χ4n) is 2.44. The number of H-pyrrole nitrogens is 1. The Kier molecular flexibility index (Phi) is 3.22. The van der Waals surface area contributed by atoms with Crippen molar-refractivity contribution in [2.75, 3.05) is 19.0 Å². The lowest BCUT2D eigenvalue weighted by atomic mass is 10.1. The van der Waals surface area contributed by atoms with Crippen LogP contribution in [0.2, 0.25) is 0 Å². The highest BCUT2D eigenvalue weighted by atomic mass is 16.1. The minimum Gasteiger partial charge on any atom is -0.377 e. The monoisotopic (exact) mass is 279 g/mol. The summed E-state index contributed by atoms with van der Waals surface area (Å²) in [5, 5.41) is 0.617. The molecule has 0 saturated carbocycles. The van der Waals surface area contributed by atoms with E-state index in [-0.39, 0.29) is 5.56 Å². The van der Waals surface area contributed by atoms with Crippen molar-refractivity contribution >= 4 is 16.6 Å². The van der Waals surface area contributed by atoms with Gasteiger partial charge in [0.05, 0.1) is 10.9 Å². The number of aromatic nitrogens is 2. The van der Waals surface area contributed by atoms with Crippen molar-refractivity contribution in [3.63, 3.8) is 0 Å². The first kappa shape index (κ1) is 13.4. The molecule has 3 rings (SSSR count). The Balaban J connectivity index is 2.29. The van der Waals surface area contributed by atoms with E-state index >= 15 is 0 Å². The Morgan fingerprint density at radius 2 is 1.86 bits per heavy atom. The van der Waals surface area contributed by atoms with E-state index in [1.54, 1.807) is 0 Å². The number of hydrogen-bond acceptors (Lipinski definition) is 3. The van der Waals surface area contributed by atoms with Gasteiger partial charge in [0.1, 0.15) is 5.82 Å².